The summed E-state index contributed by atoms with van der Waals surface area (Å²) in [5.41, 5.74) is -1.10. The van der Waals surface area contributed by atoms with Gasteiger partial charge in [0.15, 0.2) is 0 Å². The van der Waals surface area contributed by atoms with Crippen LogP contribution in [0.1, 0.15) is 60.3 Å². The van der Waals surface area contributed by atoms with Crippen LogP contribution in [0.3, 0.4) is 0 Å². The van der Waals surface area contributed by atoms with Gasteiger partial charge in [-0.3, -0.25) is 0 Å². The van der Waals surface area contributed by atoms with Crippen LogP contribution in [0.4, 0.5) is 4.79 Å². The van der Waals surface area contributed by atoms with E-state index in [1.807, 2.05) is 39.5 Å². The molecule has 4 nitrogen and oxygen atoms in total. The molecule has 2 saturated heterocycles. The SMILES string of the molecule is CC(C)(O)CC1C[C@H]2CC[C@@H]1N2C(=O)OC(C)(C)C. The molecule has 3 atom stereocenters. The van der Waals surface area contributed by atoms with Gasteiger partial charge in [0.05, 0.1) is 5.60 Å². The Balaban J connectivity index is 2.03. The maximum atomic E-state index is 12.3. The van der Waals surface area contributed by atoms with Gasteiger partial charge in [-0.05, 0) is 66.2 Å². The molecule has 0 aromatic heterocycles. The highest BCUT2D eigenvalue weighted by Crippen LogP contribution is 2.45. The summed E-state index contributed by atoms with van der Waals surface area (Å²) >= 11 is 0. The smallest absolute Gasteiger partial charge is 0.410 e. The Morgan fingerprint density at radius 2 is 1.89 bits per heavy atom. The molecule has 2 fully saturated rings. The third-order valence-electron chi connectivity index (χ3n) is 4.03. The fourth-order valence-corrected chi connectivity index (χ4v) is 3.57. The van der Waals surface area contributed by atoms with Crippen LogP contribution >= 0.6 is 0 Å². The van der Waals surface area contributed by atoms with Crippen LogP contribution in [0.2, 0.25) is 0 Å². The number of hydrogen-bond acceptors (Lipinski definition) is 3. The predicted molar refractivity (Wildman–Crippen MR) is 73.9 cm³/mol. The largest absolute Gasteiger partial charge is 0.444 e. The van der Waals surface area contributed by atoms with Gasteiger partial charge in [0, 0.05) is 12.1 Å². The highest BCUT2D eigenvalue weighted by atomic mass is 16.6. The summed E-state index contributed by atoms with van der Waals surface area (Å²) in [7, 11) is 0. The van der Waals surface area contributed by atoms with Gasteiger partial charge in [0.2, 0.25) is 0 Å². The number of rotatable bonds is 2. The summed E-state index contributed by atoms with van der Waals surface area (Å²) in [6.45, 7) is 9.39. The fourth-order valence-electron chi connectivity index (χ4n) is 3.57. The van der Waals surface area contributed by atoms with Crippen molar-refractivity contribution in [1.29, 1.82) is 0 Å². The van der Waals surface area contributed by atoms with Gasteiger partial charge in [-0.25, -0.2) is 4.79 Å². The molecule has 2 aliphatic heterocycles. The quantitative estimate of drug-likeness (QED) is 0.838. The minimum Gasteiger partial charge on any atom is -0.444 e. The van der Waals surface area contributed by atoms with Gasteiger partial charge in [-0.15, -0.1) is 0 Å². The molecule has 2 heterocycles. The number of fused-ring (bicyclic) bond motifs is 2. The van der Waals surface area contributed by atoms with E-state index in [1.54, 1.807) is 0 Å². The summed E-state index contributed by atoms with van der Waals surface area (Å²) in [5.74, 6) is 0.409. The molecule has 0 aliphatic carbocycles. The average Bonchev–Trinajstić information content (AvgIpc) is 2.68. The first-order valence-corrected chi connectivity index (χ1v) is 7.30. The first kappa shape index (κ1) is 14.6. The second kappa shape index (κ2) is 4.65. The summed E-state index contributed by atoms with van der Waals surface area (Å²) < 4.78 is 5.51. The second-order valence-electron chi connectivity index (χ2n) is 7.70. The van der Waals surface area contributed by atoms with Gasteiger partial charge >= 0.3 is 6.09 Å². The van der Waals surface area contributed by atoms with Crippen molar-refractivity contribution in [3.05, 3.63) is 0 Å². The molecule has 0 aromatic carbocycles. The molecule has 2 rings (SSSR count). The van der Waals surface area contributed by atoms with Crippen molar-refractivity contribution >= 4 is 6.09 Å². The minimum absolute atomic E-state index is 0.182. The van der Waals surface area contributed by atoms with Gasteiger partial charge in [-0.1, -0.05) is 0 Å². The van der Waals surface area contributed by atoms with Gasteiger partial charge in [-0.2, -0.15) is 0 Å². The Hall–Kier alpha value is -0.770. The van der Waals surface area contributed by atoms with Gasteiger partial charge in [0.1, 0.15) is 5.60 Å². The van der Waals surface area contributed by atoms with Crippen molar-refractivity contribution in [3.8, 4) is 0 Å². The highest BCUT2D eigenvalue weighted by molar-refractivity contribution is 5.70. The van der Waals surface area contributed by atoms with Gasteiger partial charge in [0.25, 0.3) is 0 Å². The molecule has 0 aromatic rings. The van der Waals surface area contributed by atoms with Crippen LogP contribution in [0.25, 0.3) is 0 Å². The zero-order valence-electron chi connectivity index (χ0n) is 12.8. The molecule has 0 spiro atoms. The Kier molecular flexibility index (Phi) is 3.58. The van der Waals surface area contributed by atoms with Crippen LogP contribution in [0.5, 0.6) is 0 Å². The summed E-state index contributed by atoms with van der Waals surface area (Å²) in [6, 6.07) is 0.568. The summed E-state index contributed by atoms with van der Waals surface area (Å²) in [6.07, 6.45) is 3.71. The summed E-state index contributed by atoms with van der Waals surface area (Å²) in [4.78, 5) is 14.2. The lowest BCUT2D eigenvalue weighted by Gasteiger charge is -2.30. The van der Waals surface area contributed by atoms with Crippen LogP contribution in [-0.2, 0) is 4.74 Å². The maximum Gasteiger partial charge on any atom is 0.410 e. The molecule has 0 saturated carbocycles. The molecular formula is C15H27NO3. The number of hydrogen-bond donors (Lipinski definition) is 1. The van der Waals surface area contributed by atoms with Crippen LogP contribution in [0, 0.1) is 5.92 Å². The van der Waals surface area contributed by atoms with E-state index in [4.69, 9.17) is 4.74 Å². The predicted octanol–water partition coefficient (Wildman–Crippen LogP) is 2.94. The Labute approximate surface area is 116 Å². The molecule has 0 radical (unpaired) electrons. The second-order valence-corrected chi connectivity index (χ2v) is 7.70. The van der Waals surface area contributed by atoms with Crippen molar-refractivity contribution in [2.75, 3.05) is 0 Å². The monoisotopic (exact) mass is 269 g/mol. The minimum atomic E-state index is -0.658. The standard InChI is InChI=1S/C15H27NO3/c1-14(2,3)19-13(17)16-11-6-7-12(16)10(8-11)9-15(4,5)18/h10-12,18H,6-9H2,1-5H3/t10?,11-,12+/m1/s1. The van der Waals surface area contributed by atoms with E-state index in [1.165, 1.54) is 0 Å². The Morgan fingerprint density at radius 3 is 2.42 bits per heavy atom. The zero-order chi connectivity index (χ0) is 14.4. The van der Waals surface area contributed by atoms with Gasteiger partial charge < -0.3 is 14.7 Å². The topological polar surface area (TPSA) is 49.8 Å². The van der Waals surface area contributed by atoms with E-state index in [0.717, 1.165) is 25.7 Å². The van der Waals surface area contributed by atoms with Crippen molar-refractivity contribution in [3.63, 3.8) is 0 Å². The summed E-state index contributed by atoms with van der Waals surface area (Å²) in [5, 5.41) is 9.98. The third-order valence-corrected chi connectivity index (χ3v) is 4.03. The van der Waals surface area contributed by atoms with E-state index < -0.39 is 11.2 Å². The van der Waals surface area contributed by atoms with E-state index in [2.05, 4.69) is 0 Å². The normalized spacial score (nSPS) is 30.8. The molecular weight excluding hydrogens is 242 g/mol. The third kappa shape index (κ3) is 3.41. The lowest BCUT2D eigenvalue weighted by atomic mass is 9.82. The molecule has 1 unspecified atom stereocenters. The van der Waals surface area contributed by atoms with Crippen molar-refractivity contribution in [2.24, 2.45) is 5.92 Å². The van der Waals surface area contributed by atoms with Crippen molar-refractivity contribution in [1.82, 2.24) is 4.90 Å². The maximum absolute atomic E-state index is 12.3. The van der Waals surface area contributed by atoms with Crippen LogP contribution in [0.15, 0.2) is 0 Å². The number of carbonyl (C=O) groups is 1. The van der Waals surface area contributed by atoms with E-state index in [9.17, 15) is 9.90 Å². The first-order chi connectivity index (χ1) is 8.57. The molecule has 2 bridgehead atoms. The first-order valence-electron chi connectivity index (χ1n) is 7.30. The molecule has 1 amide bonds. The number of nitrogens with zero attached hydrogens (tertiary/aromatic N) is 1. The highest BCUT2D eigenvalue weighted by Gasteiger charge is 2.50. The Bertz CT molecular complexity index is 353. The Morgan fingerprint density at radius 1 is 1.26 bits per heavy atom. The molecule has 110 valence electrons. The molecule has 1 N–H and O–H groups in total. The average molecular weight is 269 g/mol. The van der Waals surface area contributed by atoms with Crippen LogP contribution in [-0.4, -0.2) is 39.4 Å². The zero-order valence-corrected chi connectivity index (χ0v) is 12.8. The molecule has 2 aliphatic rings. The lowest BCUT2D eigenvalue weighted by Crippen LogP contribution is -2.41. The van der Waals surface area contributed by atoms with Crippen molar-refractivity contribution < 1.29 is 14.6 Å². The lowest BCUT2D eigenvalue weighted by molar-refractivity contribution is 0.0159. The molecule has 19 heavy (non-hydrogen) atoms. The van der Waals surface area contributed by atoms with E-state index in [-0.39, 0.29) is 12.1 Å². The van der Waals surface area contributed by atoms with E-state index in [0.29, 0.717) is 12.0 Å². The number of carbonyl (C=O) groups excluding carboxylic acids is 1. The number of aliphatic hydroxyl groups is 1. The fraction of sp³-hybridized carbons (Fsp3) is 0.933. The van der Waals surface area contributed by atoms with Crippen molar-refractivity contribution in [2.45, 2.75) is 83.6 Å². The molecule has 4 heteroatoms. The van der Waals surface area contributed by atoms with E-state index >= 15 is 0 Å². The number of amides is 1. The number of ether oxygens (including phenoxy) is 1. The van der Waals surface area contributed by atoms with Crippen LogP contribution < -0.4 is 0 Å².